The maximum absolute atomic E-state index is 6.22. The molecule has 2 aromatic rings. The molecule has 1 unspecified atom stereocenters. The second kappa shape index (κ2) is 7.15. The maximum Gasteiger partial charge on any atom is 0.0548 e. The fourth-order valence-electron chi connectivity index (χ4n) is 2.04. The van der Waals surface area contributed by atoms with Gasteiger partial charge in [0.1, 0.15) is 0 Å². The van der Waals surface area contributed by atoms with Crippen LogP contribution in [0.15, 0.2) is 40.9 Å². The summed E-state index contributed by atoms with van der Waals surface area (Å²) in [7, 11) is 1.92. The van der Waals surface area contributed by atoms with Gasteiger partial charge in [-0.25, -0.2) is 0 Å². The molecule has 0 spiro atoms. The van der Waals surface area contributed by atoms with Gasteiger partial charge < -0.3 is 5.32 Å². The molecule has 1 atom stereocenters. The van der Waals surface area contributed by atoms with E-state index in [1.165, 1.54) is 0 Å². The first kappa shape index (κ1) is 16.1. The molecular weight excluding hydrogens is 380 g/mol. The average Bonchev–Trinajstić information content (AvgIpc) is 2.43. The predicted octanol–water partition coefficient (Wildman–Crippen LogP) is 5.91. The molecule has 1 nitrogen and oxygen atoms in total. The average molecular weight is 394 g/mol. The van der Waals surface area contributed by atoms with Crippen LogP contribution in [0.3, 0.4) is 0 Å². The Balaban J connectivity index is 2.28. The van der Waals surface area contributed by atoms with E-state index >= 15 is 0 Å². The number of likely N-dealkylation sites (N-methyl/N-ethyl adjacent to an activating group) is 1. The molecule has 0 fully saturated rings. The van der Waals surface area contributed by atoms with E-state index in [2.05, 4.69) is 21.2 Å². The molecule has 0 amide bonds. The lowest BCUT2D eigenvalue weighted by molar-refractivity contribution is 0.592. The van der Waals surface area contributed by atoms with E-state index in [-0.39, 0.29) is 6.04 Å². The van der Waals surface area contributed by atoms with Gasteiger partial charge in [0.25, 0.3) is 0 Å². The smallest absolute Gasteiger partial charge is 0.0548 e. The van der Waals surface area contributed by atoms with Gasteiger partial charge >= 0.3 is 0 Å². The zero-order valence-electron chi connectivity index (χ0n) is 10.8. The Morgan fingerprint density at radius 2 is 1.75 bits per heavy atom. The summed E-state index contributed by atoms with van der Waals surface area (Å²) in [5.74, 6) is 0. The third-order valence-electron chi connectivity index (χ3n) is 3.13. The summed E-state index contributed by atoms with van der Waals surface area (Å²) >= 11 is 21.7. The van der Waals surface area contributed by atoms with E-state index in [0.717, 1.165) is 27.0 Å². The topological polar surface area (TPSA) is 12.0 Å². The molecule has 0 saturated carbocycles. The highest BCUT2D eigenvalue weighted by atomic mass is 79.9. The van der Waals surface area contributed by atoms with Crippen molar-refractivity contribution in [3.05, 3.63) is 67.1 Å². The second-order valence-electron chi connectivity index (χ2n) is 4.45. The Morgan fingerprint density at radius 3 is 2.40 bits per heavy atom. The molecule has 0 saturated heterocycles. The standard InChI is InChI=1S/C15H13BrCl3N/c1-20-15(9-2-4-14(19)12(16)7-9)8-10-6-11(17)3-5-13(10)18/h2-7,15,20H,8H2,1H3. The summed E-state index contributed by atoms with van der Waals surface area (Å²) in [6, 6.07) is 11.6. The molecule has 0 aliphatic rings. The van der Waals surface area contributed by atoms with Gasteiger partial charge in [-0.1, -0.05) is 40.9 Å². The number of hydrogen-bond donors (Lipinski definition) is 1. The highest BCUT2D eigenvalue weighted by Gasteiger charge is 2.13. The Kier molecular flexibility index (Phi) is 5.76. The van der Waals surface area contributed by atoms with Crippen molar-refractivity contribution in [2.45, 2.75) is 12.5 Å². The minimum atomic E-state index is 0.138. The minimum Gasteiger partial charge on any atom is -0.313 e. The second-order valence-corrected chi connectivity index (χ2v) is 6.56. The van der Waals surface area contributed by atoms with Crippen molar-refractivity contribution in [2.24, 2.45) is 0 Å². The SMILES string of the molecule is CNC(Cc1cc(Cl)ccc1Cl)c1ccc(Cl)c(Br)c1. The summed E-state index contributed by atoms with van der Waals surface area (Å²) in [6.45, 7) is 0. The van der Waals surface area contributed by atoms with Gasteiger partial charge in [0.15, 0.2) is 0 Å². The van der Waals surface area contributed by atoms with E-state index in [1.807, 2.05) is 37.4 Å². The van der Waals surface area contributed by atoms with Crippen molar-refractivity contribution < 1.29 is 0 Å². The Bertz CT molecular complexity index is 616. The molecular formula is C15H13BrCl3N. The number of nitrogens with one attached hydrogen (secondary N) is 1. The maximum atomic E-state index is 6.22. The van der Waals surface area contributed by atoms with Crippen LogP contribution in [0, 0.1) is 0 Å². The normalized spacial score (nSPS) is 12.4. The van der Waals surface area contributed by atoms with Gasteiger partial charge in [0.2, 0.25) is 0 Å². The quantitative estimate of drug-likeness (QED) is 0.681. The van der Waals surface area contributed by atoms with Crippen LogP contribution < -0.4 is 5.32 Å². The Hall–Kier alpha value is -0.250. The van der Waals surface area contributed by atoms with Crippen molar-refractivity contribution in [1.82, 2.24) is 5.32 Å². The number of rotatable bonds is 4. The highest BCUT2D eigenvalue weighted by molar-refractivity contribution is 9.10. The zero-order chi connectivity index (χ0) is 14.7. The van der Waals surface area contributed by atoms with Crippen LogP contribution in [0.5, 0.6) is 0 Å². The number of benzene rings is 2. The van der Waals surface area contributed by atoms with Crippen molar-refractivity contribution >= 4 is 50.7 Å². The molecule has 0 aliphatic carbocycles. The third kappa shape index (κ3) is 3.90. The van der Waals surface area contributed by atoms with Crippen LogP contribution in [0.4, 0.5) is 0 Å². The third-order valence-corrected chi connectivity index (χ3v) is 4.94. The Morgan fingerprint density at radius 1 is 1.05 bits per heavy atom. The fraction of sp³-hybridized carbons (Fsp3) is 0.200. The monoisotopic (exact) mass is 391 g/mol. The van der Waals surface area contributed by atoms with Crippen LogP contribution in [-0.4, -0.2) is 7.05 Å². The van der Waals surface area contributed by atoms with Crippen LogP contribution in [0.25, 0.3) is 0 Å². The van der Waals surface area contributed by atoms with Crippen molar-refractivity contribution in [1.29, 1.82) is 0 Å². The number of halogens is 4. The molecule has 5 heteroatoms. The van der Waals surface area contributed by atoms with Gasteiger partial charge in [-0.15, -0.1) is 0 Å². The van der Waals surface area contributed by atoms with Crippen LogP contribution in [0.2, 0.25) is 15.1 Å². The first-order chi connectivity index (χ1) is 9.51. The lowest BCUT2D eigenvalue weighted by Gasteiger charge is -2.18. The molecule has 0 heterocycles. The summed E-state index contributed by atoms with van der Waals surface area (Å²) in [5.41, 5.74) is 2.16. The van der Waals surface area contributed by atoms with Crippen LogP contribution >= 0.6 is 50.7 Å². The summed E-state index contributed by atoms with van der Waals surface area (Å²) in [6.07, 6.45) is 0.754. The summed E-state index contributed by atoms with van der Waals surface area (Å²) < 4.78 is 0.883. The summed E-state index contributed by atoms with van der Waals surface area (Å²) in [4.78, 5) is 0. The first-order valence-corrected chi connectivity index (χ1v) is 8.00. The van der Waals surface area contributed by atoms with Crippen molar-refractivity contribution in [2.75, 3.05) is 7.05 Å². The van der Waals surface area contributed by atoms with E-state index < -0.39 is 0 Å². The molecule has 2 rings (SSSR count). The van der Waals surface area contributed by atoms with E-state index in [4.69, 9.17) is 34.8 Å². The molecule has 2 aromatic carbocycles. The Labute approximate surface area is 142 Å². The molecule has 0 aliphatic heterocycles. The fourth-order valence-corrected chi connectivity index (χ4v) is 2.94. The van der Waals surface area contributed by atoms with Gasteiger partial charge in [0.05, 0.1) is 5.02 Å². The minimum absolute atomic E-state index is 0.138. The molecule has 106 valence electrons. The molecule has 0 bridgehead atoms. The van der Waals surface area contributed by atoms with Gasteiger partial charge in [-0.3, -0.25) is 0 Å². The highest BCUT2D eigenvalue weighted by Crippen LogP contribution is 2.29. The lowest BCUT2D eigenvalue weighted by Crippen LogP contribution is -2.19. The van der Waals surface area contributed by atoms with Crippen molar-refractivity contribution in [3.8, 4) is 0 Å². The van der Waals surface area contributed by atoms with Crippen LogP contribution in [-0.2, 0) is 6.42 Å². The largest absolute Gasteiger partial charge is 0.313 e. The van der Waals surface area contributed by atoms with Crippen molar-refractivity contribution in [3.63, 3.8) is 0 Å². The van der Waals surface area contributed by atoms with Gasteiger partial charge in [-0.05, 0) is 70.9 Å². The first-order valence-electron chi connectivity index (χ1n) is 6.07. The molecule has 0 aromatic heterocycles. The van der Waals surface area contributed by atoms with Gasteiger partial charge in [-0.2, -0.15) is 0 Å². The van der Waals surface area contributed by atoms with Gasteiger partial charge in [0, 0.05) is 20.6 Å². The van der Waals surface area contributed by atoms with Crippen LogP contribution in [0.1, 0.15) is 17.2 Å². The number of hydrogen-bond acceptors (Lipinski definition) is 1. The predicted molar refractivity (Wildman–Crippen MR) is 91.1 cm³/mol. The zero-order valence-corrected chi connectivity index (χ0v) is 14.6. The molecule has 20 heavy (non-hydrogen) atoms. The lowest BCUT2D eigenvalue weighted by atomic mass is 9.99. The summed E-state index contributed by atoms with van der Waals surface area (Å²) in [5, 5.41) is 5.41. The molecule has 0 radical (unpaired) electrons. The van der Waals surface area contributed by atoms with E-state index in [9.17, 15) is 0 Å². The van der Waals surface area contributed by atoms with E-state index in [0.29, 0.717) is 10.0 Å². The van der Waals surface area contributed by atoms with E-state index in [1.54, 1.807) is 6.07 Å². The molecule has 1 N–H and O–H groups in total.